The monoisotopic (exact) mass is 347 g/mol. The number of hydrogen-bond acceptors (Lipinski definition) is 3. The molecule has 1 saturated heterocycles. The van der Waals surface area contributed by atoms with Gasteiger partial charge in [0.25, 0.3) is 0 Å². The Morgan fingerprint density at radius 3 is 3.00 bits per heavy atom. The van der Waals surface area contributed by atoms with Crippen LogP contribution in [-0.4, -0.2) is 40.6 Å². The van der Waals surface area contributed by atoms with E-state index in [2.05, 4.69) is 9.55 Å². The number of carbonyl (C=O) groups excluding carboxylic acids is 1. The molecule has 1 fully saturated rings. The molecule has 1 amide bonds. The number of halogens is 1. The van der Waals surface area contributed by atoms with Gasteiger partial charge in [-0.05, 0) is 38.0 Å². The Balaban J connectivity index is 1.71. The molecule has 0 bridgehead atoms. The Labute approximate surface area is 147 Å². The average Bonchev–Trinajstić information content (AvgIpc) is 3.01. The second-order valence-corrected chi connectivity index (χ2v) is 6.59. The number of benzene rings is 1. The number of amides is 1. The Hall–Kier alpha value is -2.01. The maximum absolute atomic E-state index is 12.7. The zero-order valence-electron chi connectivity index (χ0n) is 14.0. The molecule has 1 aliphatic rings. The first-order valence-electron chi connectivity index (χ1n) is 8.18. The molecular formula is C18H22ClN3O2. The van der Waals surface area contributed by atoms with Gasteiger partial charge in [0.1, 0.15) is 11.6 Å². The van der Waals surface area contributed by atoms with Crippen LogP contribution < -0.4 is 4.74 Å². The SMILES string of the molecule is COc1ccc(Cl)cc1CC(=O)N1CCC[C@@H](n2ccnc2C)C1. The van der Waals surface area contributed by atoms with E-state index in [9.17, 15) is 4.79 Å². The third kappa shape index (κ3) is 3.56. The highest BCUT2D eigenvalue weighted by Crippen LogP contribution is 2.26. The van der Waals surface area contributed by atoms with Gasteiger partial charge in [0.05, 0.1) is 19.6 Å². The molecule has 1 aromatic carbocycles. The van der Waals surface area contributed by atoms with E-state index in [4.69, 9.17) is 16.3 Å². The van der Waals surface area contributed by atoms with E-state index in [1.807, 2.05) is 24.2 Å². The number of rotatable bonds is 4. The molecule has 0 spiro atoms. The quantitative estimate of drug-likeness (QED) is 0.852. The van der Waals surface area contributed by atoms with Crippen molar-refractivity contribution < 1.29 is 9.53 Å². The molecule has 2 heterocycles. The summed E-state index contributed by atoms with van der Waals surface area (Å²) in [6.45, 7) is 3.52. The first kappa shape index (κ1) is 16.8. The molecule has 0 saturated carbocycles. The van der Waals surface area contributed by atoms with Gasteiger partial charge in [-0.2, -0.15) is 0 Å². The van der Waals surface area contributed by atoms with Crippen molar-refractivity contribution in [3.05, 3.63) is 47.0 Å². The molecule has 1 atom stereocenters. The third-order valence-corrected chi connectivity index (χ3v) is 4.82. The van der Waals surface area contributed by atoms with Gasteiger partial charge in [0, 0.05) is 36.1 Å². The van der Waals surface area contributed by atoms with Crippen LogP contribution in [0.4, 0.5) is 0 Å². The molecule has 6 heteroatoms. The highest BCUT2D eigenvalue weighted by atomic mass is 35.5. The van der Waals surface area contributed by atoms with Gasteiger partial charge in [0.2, 0.25) is 5.91 Å². The van der Waals surface area contributed by atoms with Crippen LogP contribution in [0.2, 0.25) is 5.02 Å². The van der Waals surface area contributed by atoms with Gasteiger partial charge < -0.3 is 14.2 Å². The van der Waals surface area contributed by atoms with Crippen molar-refractivity contribution in [1.29, 1.82) is 0 Å². The van der Waals surface area contributed by atoms with Crippen molar-refractivity contribution >= 4 is 17.5 Å². The zero-order chi connectivity index (χ0) is 17.1. The summed E-state index contributed by atoms with van der Waals surface area (Å²) in [4.78, 5) is 19.0. The molecule has 5 nitrogen and oxygen atoms in total. The lowest BCUT2D eigenvalue weighted by molar-refractivity contribution is -0.132. The van der Waals surface area contributed by atoms with Gasteiger partial charge in [-0.3, -0.25) is 4.79 Å². The summed E-state index contributed by atoms with van der Waals surface area (Å²) in [6.07, 6.45) is 6.18. The molecule has 0 aliphatic carbocycles. The smallest absolute Gasteiger partial charge is 0.227 e. The number of likely N-dealkylation sites (tertiary alicyclic amines) is 1. The van der Waals surface area contributed by atoms with Crippen LogP contribution in [0.15, 0.2) is 30.6 Å². The minimum Gasteiger partial charge on any atom is -0.496 e. The second kappa shape index (κ2) is 7.26. The first-order valence-corrected chi connectivity index (χ1v) is 8.56. The van der Waals surface area contributed by atoms with Crippen LogP contribution in [0.25, 0.3) is 0 Å². The van der Waals surface area contributed by atoms with Crippen molar-refractivity contribution in [2.75, 3.05) is 20.2 Å². The number of nitrogens with zero attached hydrogens (tertiary/aromatic N) is 3. The Morgan fingerprint density at radius 1 is 1.46 bits per heavy atom. The first-order chi connectivity index (χ1) is 11.6. The van der Waals surface area contributed by atoms with Crippen molar-refractivity contribution in [3.8, 4) is 5.75 Å². The number of carbonyl (C=O) groups is 1. The summed E-state index contributed by atoms with van der Waals surface area (Å²) in [7, 11) is 1.61. The Morgan fingerprint density at radius 2 is 2.29 bits per heavy atom. The van der Waals surface area contributed by atoms with Crippen LogP contribution in [0.3, 0.4) is 0 Å². The van der Waals surface area contributed by atoms with Gasteiger partial charge in [0.15, 0.2) is 0 Å². The largest absolute Gasteiger partial charge is 0.496 e. The Bertz CT molecular complexity index is 729. The standard InChI is InChI=1S/C18H22ClN3O2/c1-13-20-7-9-22(13)16-4-3-8-21(12-16)18(23)11-14-10-15(19)5-6-17(14)24-2/h5-7,9-10,16H,3-4,8,11-12H2,1-2H3/t16-/m1/s1. The highest BCUT2D eigenvalue weighted by Gasteiger charge is 2.26. The fourth-order valence-corrected chi connectivity index (χ4v) is 3.54. The van der Waals surface area contributed by atoms with E-state index < -0.39 is 0 Å². The minimum absolute atomic E-state index is 0.109. The molecule has 1 aromatic heterocycles. The summed E-state index contributed by atoms with van der Waals surface area (Å²) in [6, 6.07) is 5.68. The molecule has 0 N–H and O–H groups in total. The summed E-state index contributed by atoms with van der Waals surface area (Å²) in [5.41, 5.74) is 0.830. The minimum atomic E-state index is 0.109. The van der Waals surface area contributed by atoms with Crippen LogP contribution >= 0.6 is 11.6 Å². The van der Waals surface area contributed by atoms with Crippen LogP contribution in [0.5, 0.6) is 5.75 Å². The van der Waals surface area contributed by atoms with Crippen LogP contribution in [-0.2, 0) is 11.2 Å². The molecule has 3 rings (SSSR count). The Kier molecular flexibility index (Phi) is 5.09. The van der Waals surface area contributed by atoms with Crippen LogP contribution in [0.1, 0.15) is 30.3 Å². The number of aryl methyl sites for hydroxylation is 1. The number of hydrogen-bond donors (Lipinski definition) is 0. The average molecular weight is 348 g/mol. The van der Waals surface area contributed by atoms with E-state index in [1.165, 1.54) is 0 Å². The molecule has 1 aliphatic heterocycles. The summed E-state index contributed by atoms with van der Waals surface area (Å²) < 4.78 is 7.51. The van der Waals surface area contributed by atoms with Crippen LogP contribution in [0, 0.1) is 6.92 Å². The van der Waals surface area contributed by atoms with Crippen molar-refractivity contribution in [1.82, 2.24) is 14.5 Å². The number of piperidine rings is 1. The third-order valence-electron chi connectivity index (χ3n) is 4.59. The predicted molar refractivity (Wildman–Crippen MR) is 93.5 cm³/mol. The van der Waals surface area contributed by atoms with Crippen molar-refractivity contribution in [2.45, 2.75) is 32.2 Å². The number of methoxy groups -OCH3 is 1. The molecule has 2 aromatic rings. The van der Waals surface area contributed by atoms with Gasteiger partial charge >= 0.3 is 0 Å². The number of aromatic nitrogens is 2. The van der Waals surface area contributed by atoms with E-state index >= 15 is 0 Å². The maximum Gasteiger partial charge on any atom is 0.227 e. The van der Waals surface area contributed by atoms with E-state index in [0.29, 0.717) is 23.2 Å². The number of ether oxygens (including phenoxy) is 1. The summed E-state index contributed by atoms with van der Waals surface area (Å²) in [5.74, 6) is 1.80. The fourth-order valence-electron chi connectivity index (χ4n) is 3.34. The zero-order valence-corrected chi connectivity index (χ0v) is 14.8. The van der Waals surface area contributed by atoms with Gasteiger partial charge in [-0.1, -0.05) is 11.6 Å². The van der Waals surface area contributed by atoms with Crippen molar-refractivity contribution in [3.63, 3.8) is 0 Å². The van der Waals surface area contributed by atoms with Gasteiger partial charge in [-0.15, -0.1) is 0 Å². The van der Waals surface area contributed by atoms with E-state index in [-0.39, 0.29) is 5.91 Å². The normalized spacial score (nSPS) is 17.8. The van der Waals surface area contributed by atoms with E-state index in [1.54, 1.807) is 25.3 Å². The lowest BCUT2D eigenvalue weighted by Gasteiger charge is -2.34. The topological polar surface area (TPSA) is 47.4 Å². The summed E-state index contributed by atoms with van der Waals surface area (Å²) >= 11 is 6.06. The summed E-state index contributed by atoms with van der Waals surface area (Å²) in [5, 5.41) is 0.615. The lowest BCUT2D eigenvalue weighted by Crippen LogP contribution is -2.41. The molecule has 0 radical (unpaired) electrons. The fraction of sp³-hybridized carbons (Fsp3) is 0.444. The van der Waals surface area contributed by atoms with E-state index in [0.717, 1.165) is 37.3 Å². The lowest BCUT2D eigenvalue weighted by atomic mass is 10.0. The second-order valence-electron chi connectivity index (χ2n) is 6.15. The molecule has 24 heavy (non-hydrogen) atoms. The molecular weight excluding hydrogens is 326 g/mol. The van der Waals surface area contributed by atoms with Gasteiger partial charge in [-0.25, -0.2) is 4.98 Å². The molecule has 128 valence electrons. The van der Waals surface area contributed by atoms with Crippen molar-refractivity contribution in [2.24, 2.45) is 0 Å². The predicted octanol–water partition coefficient (Wildman–Crippen LogP) is 3.26. The highest BCUT2D eigenvalue weighted by molar-refractivity contribution is 6.30. The molecule has 0 unspecified atom stereocenters. The number of imidazole rings is 1. The maximum atomic E-state index is 12.7.